The van der Waals surface area contributed by atoms with Crippen LogP contribution in [0.3, 0.4) is 0 Å². The molecule has 0 heterocycles. The van der Waals surface area contributed by atoms with Crippen molar-refractivity contribution in [2.45, 2.75) is 26.7 Å². The molecule has 0 spiro atoms. The van der Waals surface area contributed by atoms with E-state index in [0.29, 0.717) is 37.8 Å². The molecule has 0 radical (unpaired) electrons. The molecule has 1 atom stereocenters. The molecule has 132 valence electrons. The van der Waals surface area contributed by atoms with Gasteiger partial charge in [-0.1, -0.05) is 13.0 Å². The summed E-state index contributed by atoms with van der Waals surface area (Å²) in [5.41, 5.74) is 0.468. The summed E-state index contributed by atoms with van der Waals surface area (Å²) in [6.45, 7) is 8.86. The Labute approximate surface area is 154 Å². The van der Waals surface area contributed by atoms with Crippen LogP contribution in [-0.4, -0.2) is 38.8 Å². The zero-order valence-electron chi connectivity index (χ0n) is 13.9. The molecule has 0 aromatic heterocycles. The van der Waals surface area contributed by atoms with E-state index in [4.69, 9.17) is 4.74 Å². The molecule has 1 aromatic carbocycles. The lowest BCUT2D eigenvalue weighted by Gasteiger charge is -2.14. The van der Waals surface area contributed by atoms with E-state index in [2.05, 4.69) is 15.6 Å². The van der Waals surface area contributed by atoms with Gasteiger partial charge in [-0.15, -0.1) is 24.0 Å². The summed E-state index contributed by atoms with van der Waals surface area (Å²) < 4.78 is 31.9. The van der Waals surface area contributed by atoms with Gasteiger partial charge in [0.15, 0.2) is 5.96 Å². The zero-order valence-corrected chi connectivity index (χ0v) is 16.2. The molecule has 0 aliphatic rings. The molecule has 4 nitrogen and oxygen atoms in total. The van der Waals surface area contributed by atoms with Crippen molar-refractivity contribution in [3.05, 3.63) is 35.4 Å². The van der Waals surface area contributed by atoms with Crippen molar-refractivity contribution in [3.63, 3.8) is 0 Å². The molecule has 1 unspecified atom stereocenters. The standard InChI is InChI=1S/C16H25F2N3O.HI/c1-4-19-16(20-8-9-22-5-2)21-11-12(3)14-7-6-13(17)10-15(14)18;/h6-7,10,12H,4-5,8-9,11H2,1-3H3,(H2,19,20,21);1H. The molecule has 0 fully saturated rings. The first kappa shape index (κ1) is 22.0. The fraction of sp³-hybridized carbons (Fsp3) is 0.562. The van der Waals surface area contributed by atoms with Crippen LogP contribution in [-0.2, 0) is 4.74 Å². The van der Waals surface area contributed by atoms with Gasteiger partial charge >= 0.3 is 0 Å². The van der Waals surface area contributed by atoms with Gasteiger partial charge in [-0.25, -0.2) is 8.78 Å². The Morgan fingerprint density at radius 1 is 1.26 bits per heavy atom. The fourth-order valence-corrected chi connectivity index (χ4v) is 1.96. The second-order valence-electron chi connectivity index (χ2n) is 4.91. The molecule has 2 N–H and O–H groups in total. The predicted molar refractivity (Wildman–Crippen MR) is 101 cm³/mol. The van der Waals surface area contributed by atoms with Crippen molar-refractivity contribution in [1.29, 1.82) is 0 Å². The topological polar surface area (TPSA) is 45.7 Å². The lowest BCUT2D eigenvalue weighted by Crippen LogP contribution is -2.39. The average Bonchev–Trinajstić information content (AvgIpc) is 2.48. The molecule has 1 rings (SSSR count). The quantitative estimate of drug-likeness (QED) is 0.282. The molecular weight excluding hydrogens is 415 g/mol. The first-order valence-electron chi connectivity index (χ1n) is 7.63. The van der Waals surface area contributed by atoms with Gasteiger partial charge in [-0.3, -0.25) is 4.99 Å². The van der Waals surface area contributed by atoms with Crippen molar-refractivity contribution >= 4 is 29.9 Å². The maximum absolute atomic E-state index is 13.7. The van der Waals surface area contributed by atoms with Gasteiger partial charge in [-0.05, 0) is 25.5 Å². The number of guanidine groups is 1. The van der Waals surface area contributed by atoms with Crippen LogP contribution in [0.5, 0.6) is 0 Å². The number of nitrogens with one attached hydrogen (secondary N) is 2. The van der Waals surface area contributed by atoms with Gasteiger partial charge in [0.1, 0.15) is 11.6 Å². The van der Waals surface area contributed by atoms with Crippen molar-refractivity contribution < 1.29 is 13.5 Å². The smallest absolute Gasteiger partial charge is 0.191 e. The Morgan fingerprint density at radius 2 is 2.00 bits per heavy atom. The van der Waals surface area contributed by atoms with E-state index in [1.807, 2.05) is 20.8 Å². The summed E-state index contributed by atoms with van der Waals surface area (Å²) in [4.78, 5) is 4.43. The van der Waals surface area contributed by atoms with E-state index < -0.39 is 11.6 Å². The van der Waals surface area contributed by atoms with E-state index in [1.165, 1.54) is 12.1 Å². The molecule has 7 heteroatoms. The van der Waals surface area contributed by atoms with Crippen molar-refractivity contribution in [2.24, 2.45) is 4.99 Å². The lowest BCUT2D eigenvalue weighted by atomic mass is 10.0. The van der Waals surface area contributed by atoms with Crippen LogP contribution in [0.2, 0.25) is 0 Å². The second-order valence-corrected chi connectivity index (χ2v) is 4.91. The van der Waals surface area contributed by atoms with Crippen molar-refractivity contribution in [2.75, 3.05) is 32.8 Å². The Morgan fingerprint density at radius 3 is 2.61 bits per heavy atom. The van der Waals surface area contributed by atoms with Gasteiger partial charge in [0.2, 0.25) is 0 Å². The third kappa shape index (κ3) is 8.45. The highest BCUT2D eigenvalue weighted by molar-refractivity contribution is 14.0. The zero-order chi connectivity index (χ0) is 16.4. The van der Waals surface area contributed by atoms with Crippen LogP contribution < -0.4 is 10.6 Å². The number of nitrogens with zero attached hydrogens (tertiary/aromatic N) is 1. The molecule has 23 heavy (non-hydrogen) atoms. The van der Waals surface area contributed by atoms with Gasteiger partial charge in [0, 0.05) is 38.2 Å². The van der Waals surface area contributed by atoms with Crippen LogP contribution >= 0.6 is 24.0 Å². The van der Waals surface area contributed by atoms with Crippen LogP contribution in [0.25, 0.3) is 0 Å². The molecular formula is C16H26F2IN3O. The van der Waals surface area contributed by atoms with E-state index in [9.17, 15) is 8.78 Å². The van der Waals surface area contributed by atoms with Crippen LogP contribution in [0, 0.1) is 11.6 Å². The Bertz CT molecular complexity index is 486. The lowest BCUT2D eigenvalue weighted by molar-refractivity contribution is 0.152. The number of hydrogen-bond acceptors (Lipinski definition) is 2. The SMILES string of the molecule is CCNC(=NCC(C)c1ccc(F)cc1F)NCCOCC.I. The third-order valence-electron chi connectivity index (χ3n) is 3.10. The second kappa shape index (κ2) is 12.5. The monoisotopic (exact) mass is 441 g/mol. The largest absolute Gasteiger partial charge is 0.380 e. The molecule has 0 saturated carbocycles. The summed E-state index contributed by atoms with van der Waals surface area (Å²) in [5, 5.41) is 6.27. The highest BCUT2D eigenvalue weighted by atomic mass is 127. The maximum Gasteiger partial charge on any atom is 0.191 e. The van der Waals surface area contributed by atoms with E-state index >= 15 is 0 Å². The average molecular weight is 441 g/mol. The van der Waals surface area contributed by atoms with Gasteiger partial charge < -0.3 is 15.4 Å². The van der Waals surface area contributed by atoms with Crippen LogP contribution in [0.4, 0.5) is 8.78 Å². The van der Waals surface area contributed by atoms with Crippen molar-refractivity contribution in [1.82, 2.24) is 10.6 Å². The Balaban J connectivity index is 0.00000484. The first-order valence-corrected chi connectivity index (χ1v) is 7.63. The summed E-state index contributed by atoms with van der Waals surface area (Å²) in [6, 6.07) is 3.64. The van der Waals surface area contributed by atoms with Gasteiger partial charge in [0.05, 0.1) is 6.61 Å². The number of aliphatic imine (C=N–C) groups is 1. The summed E-state index contributed by atoms with van der Waals surface area (Å²) in [6.07, 6.45) is 0. The summed E-state index contributed by atoms with van der Waals surface area (Å²) in [5.74, 6) is -0.570. The third-order valence-corrected chi connectivity index (χ3v) is 3.10. The number of rotatable bonds is 8. The number of ether oxygens (including phenoxy) is 1. The van der Waals surface area contributed by atoms with Crippen molar-refractivity contribution in [3.8, 4) is 0 Å². The fourth-order valence-electron chi connectivity index (χ4n) is 1.96. The van der Waals surface area contributed by atoms with Gasteiger partial charge in [-0.2, -0.15) is 0 Å². The normalized spacial score (nSPS) is 12.5. The molecule has 0 aliphatic carbocycles. The van der Waals surface area contributed by atoms with Gasteiger partial charge in [0.25, 0.3) is 0 Å². The number of hydrogen-bond donors (Lipinski definition) is 2. The molecule has 0 bridgehead atoms. The molecule has 0 amide bonds. The minimum absolute atomic E-state index is 0. The highest BCUT2D eigenvalue weighted by Crippen LogP contribution is 2.19. The molecule has 0 saturated heterocycles. The minimum atomic E-state index is -0.567. The Kier molecular flexibility index (Phi) is 11.9. The maximum atomic E-state index is 13.7. The molecule has 1 aromatic rings. The predicted octanol–water partition coefficient (Wildman–Crippen LogP) is 3.28. The first-order chi connectivity index (χ1) is 10.6. The Hall–Kier alpha value is -0.960. The van der Waals surface area contributed by atoms with Crippen LogP contribution in [0.1, 0.15) is 32.3 Å². The summed E-state index contributed by atoms with van der Waals surface area (Å²) >= 11 is 0. The highest BCUT2D eigenvalue weighted by Gasteiger charge is 2.11. The van der Waals surface area contributed by atoms with Crippen LogP contribution in [0.15, 0.2) is 23.2 Å². The molecule has 0 aliphatic heterocycles. The van der Waals surface area contributed by atoms with E-state index in [1.54, 1.807) is 0 Å². The minimum Gasteiger partial charge on any atom is -0.380 e. The number of benzene rings is 1. The van der Waals surface area contributed by atoms with E-state index in [0.717, 1.165) is 12.6 Å². The van der Waals surface area contributed by atoms with E-state index in [-0.39, 0.29) is 29.9 Å². The number of halogens is 3. The summed E-state index contributed by atoms with van der Waals surface area (Å²) in [7, 11) is 0.